The second-order valence-electron chi connectivity index (χ2n) is 6.07. The third-order valence-corrected chi connectivity index (χ3v) is 4.05. The van der Waals surface area contributed by atoms with Gasteiger partial charge in [0.25, 0.3) is 0 Å². The first kappa shape index (κ1) is 14.9. The summed E-state index contributed by atoms with van der Waals surface area (Å²) in [5, 5.41) is 15.5. The molecule has 1 saturated carbocycles. The Kier molecular flexibility index (Phi) is 5.01. The summed E-state index contributed by atoms with van der Waals surface area (Å²) >= 11 is 0. The number of hydrogen-bond donors (Lipinski definition) is 3. The molecule has 1 fully saturated rings. The van der Waals surface area contributed by atoms with Crippen molar-refractivity contribution in [3.63, 3.8) is 0 Å². The molecule has 4 nitrogen and oxygen atoms in total. The van der Waals surface area contributed by atoms with Gasteiger partial charge in [-0.25, -0.2) is 4.79 Å². The number of aliphatic hydroxyl groups is 1. The number of carbonyl (C=O) groups excluding carboxylic acids is 1. The van der Waals surface area contributed by atoms with Crippen molar-refractivity contribution in [2.75, 3.05) is 13.1 Å². The Bertz CT molecular complexity index is 429. The van der Waals surface area contributed by atoms with Crippen molar-refractivity contribution in [2.24, 2.45) is 5.41 Å². The molecular formula is C16H24N2O2. The van der Waals surface area contributed by atoms with Crippen LogP contribution in [0.25, 0.3) is 0 Å². The molecule has 1 atom stereocenters. The average molecular weight is 276 g/mol. The van der Waals surface area contributed by atoms with E-state index >= 15 is 0 Å². The highest BCUT2D eigenvalue weighted by Gasteiger charge is 2.31. The third kappa shape index (κ3) is 4.53. The van der Waals surface area contributed by atoms with Crippen LogP contribution in [0.15, 0.2) is 30.3 Å². The summed E-state index contributed by atoms with van der Waals surface area (Å²) in [6, 6.07) is 9.60. The number of urea groups is 1. The number of nitrogens with one attached hydrogen (secondary N) is 2. The summed E-state index contributed by atoms with van der Waals surface area (Å²) in [4.78, 5) is 11.7. The summed E-state index contributed by atoms with van der Waals surface area (Å²) in [6.07, 6.45) is 3.63. The van der Waals surface area contributed by atoms with Crippen molar-refractivity contribution >= 4 is 6.03 Å². The first-order chi connectivity index (χ1) is 9.57. The van der Waals surface area contributed by atoms with Gasteiger partial charge in [0.05, 0.1) is 6.10 Å². The minimum atomic E-state index is -0.553. The van der Waals surface area contributed by atoms with E-state index in [1.54, 1.807) is 0 Å². The molecule has 0 heterocycles. The Morgan fingerprint density at radius 1 is 1.30 bits per heavy atom. The fraction of sp³-hybridized carbons (Fsp3) is 0.562. The molecule has 0 saturated heterocycles. The predicted octanol–water partition coefficient (Wildman–Crippen LogP) is 2.08. The fourth-order valence-electron chi connectivity index (χ4n) is 2.48. The van der Waals surface area contributed by atoms with E-state index in [1.165, 1.54) is 19.3 Å². The number of carbonyl (C=O) groups is 1. The van der Waals surface area contributed by atoms with Crippen molar-refractivity contribution in [1.29, 1.82) is 0 Å². The number of benzene rings is 1. The van der Waals surface area contributed by atoms with Gasteiger partial charge in [-0.2, -0.15) is 0 Å². The maximum absolute atomic E-state index is 11.7. The molecule has 4 heteroatoms. The molecule has 0 spiro atoms. The van der Waals surface area contributed by atoms with Crippen LogP contribution in [-0.4, -0.2) is 30.3 Å². The molecule has 2 rings (SSSR count). The van der Waals surface area contributed by atoms with Crippen LogP contribution in [0, 0.1) is 5.41 Å². The number of amides is 2. The minimum absolute atomic E-state index is 0.190. The van der Waals surface area contributed by atoms with Crippen molar-refractivity contribution in [2.45, 2.75) is 38.7 Å². The summed E-state index contributed by atoms with van der Waals surface area (Å²) < 4.78 is 0. The van der Waals surface area contributed by atoms with E-state index in [2.05, 4.69) is 17.6 Å². The zero-order valence-corrected chi connectivity index (χ0v) is 12.1. The molecule has 110 valence electrons. The van der Waals surface area contributed by atoms with E-state index in [-0.39, 0.29) is 18.0 Å². The average Bonchev–Trinajstić information content (AvgIpc) is 2.42. The molecule has 0 aliphatic heterocycles. The summed E-state index contributed by atoms with van der Waals surface area (Å²) in [5.74, 6) is 0. The molecule has 1 aliphatic carbocycles. The maximum atomic E-state index is 11.7. The molecular weight excluding hydrogens is 252 g/mol. The lowest BCUT2D eigenvalue weighted by Crippen LogP contribution is -2.46. The normalized spacial score (nSPS) is 17.9. The van der Waals surface area contributed by atoms with Gasteiger partial charge in [0, 0.05) is 19.5 Å². The number of hydrogen-bond acceptors (Lipinski definition) is 2. The van der Waals surface area contributed by atoms with Crippen LogP contribution in [0.5, 0.6) is 0 Å². The largest absolute Gasteiger partial charge is 0.391 e. The van der Waals surface area contributed by atoms with Crippen molar-refractivity contribution in [1.82, 2.24) is 10.6 Å². The van der Waals surface area contributed by atoms with Gasteiger partial charge in [-0.3, -0.25) is 0 Å². The van der Waals surface area contributed by atoms with Gasteiger partial charge in [0.2, 0.25) is 0 Å². The van der Waals surface area contributed by atoms with Gasteiger partial charge in [-0.05, 0) is 23.8 Å². The summed E-state index contributed by atoms with van der Waals surface area (Å²) in [6.45, 7) is 3.19. The SMILES string of the molecule is CC1(CNC(=O)NCC(O)Cc2ccccc2)CCC1. The molecule has 1 aromatic rings. The van der Waals surface area contributed by atoms with Gasteiger partial charge in [-0.1, -0.05) is 43.7 Å². The molecule has 1 aliphatic rings. The lowest BCUT2D eigenvalue weighted by molar-refractivity contribution is 0.152. The van der Waals surface area contributed by atoms with Gasteiger partial charge < -0.3 is 15.7 Å². The van der Waals surface area contributed by atoms with Crippen LogP contribution in [-0.2, 0) is 6.42 Å². The van der Waals surface area contributed by atoms with Gasteiger partial charge in [0.1, 0.15) is 0 Å². The Morgan fingerprint density at radius 3 is 2.60 bits per heavy atom. The first-order valence-electron chi connectivity index (χ1n) is 7.31. The first-order valence-corrected chi connectivity index (χ1v) is 7.31. The second kappa shape index (κ2) is 6.75. The Morgan fingerprint density at radius 2 is 2.00 bits per heavy atom. The Balaban J connectivity index is 1.62. The minimum Gasteiger partial charge on any atom is -0.391 e. The monoisotopic (exact) mass is 276 g/mol. The lowest BCUT2D eigenvalue weighted by Gasteiger charge is -2.38. The molecule has 1 unspecified atom stereocenters. The van der Waals surface area contributed by atoms with Crippen LogP contribution in [0.1, 0.15) is 31.7 Å². The maximum Gasteiger partial charge on any atom is 0.314 e. The molecule has 1 aromatic carbocycles. The fourth-order valence-corrected chi connectivity index (χ4v) is 2.48. The van der Waals surface area contributed by atoms with Crippen LogP contribution in [0.4, 0.5) is 4.79 Å². The van der Waals surface area contributed by atoms with Crippen LogP contribution in [0.2, 0.25) is 0 Å². The number of aliphatic hydroxyl groups excluding tert-OH is 1. The van der Waals surface area contributed by atoms with E-state index in [0.29, 0.717) is 13.0 Å². The Labute approximate surface area is 120 Å². The van der Waals surface area contributed by atoms with Crippen LogP contribution >= 0.6 is 0 Å². The number of rotatable bonds is 6. The van der Waals surface area contributed by atoms with E-state index < -0.39 is 6.10 Å². The second-order valence-corrected chi connectivity index (χ2v) is 6.07. The van der Waals surface area contributed by atoms with Crippen molar-refractivity contribution in [3.05, 3.63) is 35.9 Å². The molecule has 0 aromatic heterocycles. The molecule has 2 amide bonds. The third-order valence-electron chi connectivity index (χ3n) is 4.05. The van der Waals surface area contributed by atoms with E-state index in [0.717, 1.165) is 5.56 Å². The van der Waals surface area contributed by atoms with E-state index in [9.17, 15) is 9.90 Å². The van der Waals surface area contributed by atoms with Gasteiger partial charge >= 0.3 is 6.03 Å². The van der Waals surface area contributed by atoms with Gasteiger partial charge in [0.15, 0.2) is 0 Å². The lowest BCUT2D eigenvalue weighted by atomic mass is 9.70. The van der Waals surface area contributed by atoms with E-state index in [4.69, 9.17) is 0 Å². The van der Waals surface area contributed by atoms with Crippen LogP contribution in [0.3, 0.4) is 0 Å². The topological polar surface area (TPSA) is 61.4 Å². The highest BCUT2D eigenvalue weighted by molar-refractivity contribution is 5.73. The predicted molar refractivity (Wildman–Crippen MR) is 79.5 cm³/mol. The quantitative estimate of drug-likeness (QED) is 0.745. The highest BCUT2D eigenvalue weighted by atomic mass is 16.3. The summed E-state index contributed by atoms with van der Waals surface area (Å²) in [7, 11) is 0. The molecule has 20 heavy (non-hydrogen) atoms. The van der Waals surface area contributed by atoms with Crippen LogP contribution < -0.4 is 10.6 Å². The van der Waals surface area contributed by atoms with E-state index in [1.807, 2.05) is 30.3 Å². The Hall–Kier alpha value is -1.55. The molecule has 0 radical (unpaired) electrons. The smallest absolute Gasteiger partial charge is 0.314 e. The molecule has 3 N–H and O–H groups in total. The van der Waals surface area contributed by atoms with Crippen molar-refractivity contribution < 1.29 is 9.90 Å². The molecule has 0 bridgehead atoms. The zero-order chi connectivity index (χ0) is 14.4. The highest BCUT2D eigenvalue weighted by Crippen LogP contribution is 2.39. The van der Waals surface area contributed by atoms with Gasteiger partial charge in [-0.15, -0.1) is 0 Å². The standard InChI is InChI=1S/C16H24N2O2/c1-16(8-5-9-16)12-18-15(20)17-11-14(19)10-13-6-3-2-4-7-13/h2-4,6-7,14,19H,5,8-12H2,1H3,(H2,17,18,20). The summed E-state index contributed by atoms with van der Waals surface area (Å²) in [5.41, 5.74) is 1.35. The zero-order valence-electron chi connectivity index (χ0n) is 12.1. The van der Waals surface area contributed by atoms with Crippen molar-refractivity contribution in [3.8, 4) is 0 Å².